The van der Waals surface area contributed by atoms with Crippen LogP contribution in [0.25, 0.3) is 0 Å². The molecule has 96 valence electrons. The van der Waals surface area contributed by atoms with Gasteiger partial charge in [0.15, 0.2) is 0 Å². The predicted molar refractivity (Wildman–Crippen MR) is 70.2 cm³/mol. The first-order valence-electron chi connectivity index (χ1n) is 6.32. The van der Waals surface area contributed by atoms with E-state index in [1.807, 2.05) is 0 Å². The Balaban J connectivity index is 2.72. The summed E-state index contributed by atoms with van der Waals surface area (Å²) in [5, 5.41) is 22.4. The van der Waals surface area contributed by atoms with Crippen LogP contribution in [-0.4, -0.2) is 15.8 Å². The number of phenolic OH excluding ortho intramolecular Hbond substituents is 2. The monoisotopic (exact) mass is 237 g/mol. The van der Waals surface area contributed by atoms with E-state index in [4.69, 9.17) is 0 Å². The molecule has 0 amide bonds. The zero-order valence-electron chi connectivity index (χ0n) is 11.0. The minimum atomic E-state index is 0.0963. The standard InChI is InChI=1S/C14H23NO2/c1-4-14(5-2,6-3)15-10-11-7-8-12(16)9-13(11)17/h7-9,15-17H,4-6,10H2,1-3H3. The molecule has 0 aliphatic carbocycles. The topological polar surface area (TPSA) is 52.5 Å². The van der Waals surface area contributed by atoms with Crippen LogP contribution in [0.4, 0.5) is 0 Å². The largest absolute Gasteiger partial charge is 0.508 e. The average molecular weight is 237 g/mol. The first-order chi connectivity index (χ1) is 8.06. The van der Waals surface area contributed by atoms with Gasteiger partial charge in [0.25, 0.3) is 0 Å². The molecule has 3 nitrogen and oxygen atoms in total. The summed E-state index contributed by atoms with van der Waals surface area (Å²) in [5.74, 6) is 0.244. The van der Waals surface area contributed by atoms with Gasteiger partial charge in [0.2, 0.25) is 0 Å². The lowest BCUT2D eigenvalue weighted by molar-refractivity contribution is 0.286. The van der Waals surface area contributed by atoms with E-state index in [1.165, 1.54) is 6.07 Å². The van der Waals surface area contributed by atoms with E-state index < -0.39 is 0 Å². The van der Waals surface area contributed by atoms with Crippen molar-refractivity contribution >= 4 is 0 Å². The highest BCUT2D eigenvalue weighted by Crippen LogP contribution is 2.25. The van der Waals surface area contributed by atoms with Gasteiger partial charge in [-0.2, -0.15) is 0 Å². The summed E-state index contributed by atoms with van der Waals surface area (Å²) in [6.45, 7) is 7.16. The van der Waals surface area contributed by atoms with E-state index in [1.54, 1.807) is 12.1 Å². The van der Waals surface area contributed by atoms with Crippen LogP contribution in [0.1, 0.15) is 45.6 Å². The second-order valence-corrected chi connectivity index (χ2v) is 4.51. The van der Waals surface area contributed by atoms with Crippen molar-refractivity contribution in [3.63, 3.8) is 0 Å². The number of nitrogens with one attached hydrogen (secondary N) is 1. The van der Waals surface area contributed by atoms with Crippen molar-refractivity contribution in [3.05, 3.63) is 23.8 Å². The van der Waals surface area contributed by atoms with Gasteiger partial charge in [0.05, 0.1) is 0 Å². The molecule has 0 saturated carbocycles. The summed E-state index contributed by atoms with van der Waals surface area (Å²) in [6.07, 6.45) is 3.20. The lowest BCUT2D eigenvalue weighted by Gasteiger charge is -2.32. The Morgan fingerprint density at radius 3 is 2.12 bits per heavy atom. The second kappa shape index (κ2) is 5.92. The van der Waals surface area contributed by atoms with E-state index in [0.29, 0.717) is 6.54 Å². The van der Waals surface area contributed by atoms with Crippen molar-refractivity contribution in [1.82, 2.24) is 5.32 Å². The maximum atomic E-state index is 9.71. The number of aromatic hydroxyl groups is 2. The van der Waals surface area contributed by atoms with E-state index >= 15 is 0 Å². The van der Waals surface area contributed by atoms with E-state index in [0.717, 1.165) is 24.8 Å². The van der Waals surface area contributed by atoms with Gasteiger partial charge < -0.3 is 15.5 Å². The molecule has 0 radical (unpaired) electrons. The average Bonchev–Trinajstić information content (AvgIpc) is 2.33. The third-order valence-corrected chi connectivity index (χ3v) is 3.75. The predicted octanol–water partition coefficient (Wildman–Crippen LogP) is 3.16. The molecule has 0 aliphatic heterocycles. The maximum absolute atomic E-state index is 9.71. The normalized spacial score (nSPS) is 11.7. The van der Waals surface area contributed by atoms with Crippen LogP contribution in [0.3, 0.4) is 0 Å². The second-order valence-electron chi connectivity index (χ2n) is 4.51. The lowest BCUT2D eigenvalue weighted by atomic mass is 9.89. The lowest BCUT2D eigenvalue weighted by Crippen LogP contribution is -2.43. The number of phenols is 2. The molecule has 0 bridgehead atoms. The molecule has 17 heavy (non-hydrogen) atoms. The SMILES string of the molecule is CCC(CC)(CC)NCc1ccc(O)cc1O. The summed E-state index contributed by atoms with van der Waals surface area (Å²) in [6, 6.07) is 4.73. The van der Waals surface area contributed by atoms with Crippen molar-refractivity contribution in [1.29, 1.82) is 0 Å². The molecule has 3 N–H and O–H groups in total. The highest BCUT2D eigenvalue weighted by Gasteiger charge is 2.22. The molecule has 0 aliphatic rings. The molecule has 0 heterocycles. The van der Waals surface area contributed by atoms with Crippen LogP contribution in [0, 0.1) is 0 Å². The Morgan fingerprint density at radius 2 is 1.65 bits per heavy atom. The Bertz CT molecular complexity index is 351. The first kappa shape index (κ1) is 13.8. The molecule has 0 fully saturated rings. The summed E-state index contributed by atoms with van der Waals surface area (Å²) >= 11 is 0. The van der Waals surface area contributed by atoms with Gasteiger partial charge in [-0.15, -0.1) is 0 Å². The summed E-state index contributed by atoms with van der Waals surface area (Å²) in [7, 11) is 0. The Hall–Kier alpha value is -1.22. The van der Waals surface area contributed by atoms with Crippen LogP contribution < -0.4 is 5.32 Å². The quantitative estimate of drug-likeness (QED) is 0.712. The minimum Gasteiger partial charge on any atom is -0.508 e. The molecule has 0 aromatic heterocycles. The van der Waals surface area contributed by atoms with Crippen LogP contribution >= 0.6 is 0 Å². The molecule has 1 rings (SSSR count). The number of rotatable bonds is 6. The van der Waals surface area contributed by atoms with Gasteiger partial charge in [-0.1, -0.05) is 26.8 Å². The van der Waals surface area contributed by atoms with Crippen LogP contribution in [0.2, 0.25) is 0 Å². The van der Waals surface area contributed by atoms with Crippen LogP contribution in [0.5, 0.6) is 11.5 Å². The Kier molecular flexibility index (Phi) is 4.82. The molecule has 0 saturated heterocycles. The van der Waals surface area contributed by atoms with Crippen LogP contribution in [-0.2, 0) is 6.54 Å². The van der Waals surface area contributed by atoms with E-state index in [9.17, 15) is 10.2 Å². The molecule has 1 aromatic carbocycles. The van der Waals surface area contributed by atoms with Crippen molar-refractivity contribution in [2.24, 2.45) is 0 Å². The van der Waals surface area contributed by atoms with Gasteiger partial charge >= 0.3 is 0 Å². The Labute approximate surface area is 103 Å². The highest BCUT2D eigenvalue weighted by molar-refractivity contribution is 5.38. The molecule has 0 unspecified atom stereocenters. The smallest absolute Gasteiger partial charge is 0.123 e. The number of hydrogen-bond acceptors (Lipinski definition) is 3. The van der Waals surface area contributed by atoms with Gasteiger partial charge in [0.1, 0.15) is 11.5 Å². The van der Waals surface area contributed by atoms with E-state index in [-0.39, 0.29) is 17.0 Å². The van der Waals surface area contributed by atoms with E-state index in [2.05, 4.69) is 26.1 Å². The molecule has 1 aromatic rings. The summed E-state index contributed by atoms with van der Waals surface area (Å²) < 4.78 is 0. The van der Waals surface area contributed by atoms with Crippen molar-refractivity contribution in [3.8, 4) is 11.5 Å². The van der Waals surface area contributed by atoms with Gasteiger partial charge in [-0.3, -0.25) is 0 Å². The zero-order valence-corrected chi connectivity index (χ0v) is 11.0. The fraction of sp³-hybridized carbons (Fsp3) is 0.571. The van der Waals surface area contributed by atoms with Crippen molar-refractivity contribution < 1.29 is 10.2 Å². The fourth-order valence-electron chi connectivity index (χ4n) is 2.11. The maximum Gasteiger partial charge on any atom is 0.123 e. The van der Waals surface area contributed by atoms with Crippen molar-refractivity contribution in [2.75, 3.05) is 0 Å². The molecular formula is C14H23NO2. The van der Waals surface area contributed by atoms with Gasteiger partial charge in [-0.25, -0.2) is 0 Å². The number of benzene rings is 1. The fourth-order valence-corrected chi connectivity index (χ4v) is 2.11. The first-order valence-corrected chi connectivity index (χ1v) is 6.32. The summed E-state index contributed by atoms with van der Waals surface area (Å²) in [5.41, 5.74) is 0.965. The zero-order chi connectivity index (χ0) is 12.9. The summed E-state index contributed by atoms with van der Waals surface area (Å²) in [4.78, 5) is 0. The highest BCUT2D eigenvalue weighted by atomic mass is 16.3. The molecule has 0 spiro atoms. The number of hydrogen-bond donors (Lipinski definition) is 3. The molecule has 3 heteroatoms. The Morgan fingerprint density at radius 1 is 1.06 bits per heavy atom. The minimum absolute atomic E-state index is 0.0963. The van der Waals surface area contributed by atoms with Crippen LogP contribution in [0.15, 0.2) is 18.2 Å². The molecule has 0 atom stereocenters. The molecular weight excluding hydrogens is 214 g/mol. The van der Waals surface area contributed by atoms with Gasteiger partial charge in [-0.05, 0) is 25.3 Å². The van der Waals surface area contributed by atoms with Crippen molar-refractivity contribution in [2.45, 2.75) is 52.1 Å². The third kappa shape index (κ3) is 3.37. The van der Waals surface area contributed by atoms with Gasteiger partial charge in [0, 0.05) is 23.7 Å². The third-order valence-electron chi connectivity index (χ3n) is 3.75.